The molecule has 0 unspecified atom stereocenters. The maximum absolute atomic E-state index is 13.7. The van der Waals surface area contributed by atoms with Crippen molar-refractivity contribution in [1.29, 1.82) is 0 Å². The van der Waals surface area contributed by atoms with E-state index in [0.717, 1.165) is 10.0 Å². The van der Waals surface area contributed by atoms with E-state index in [-0.39, 0.29) is 12.2 Å². The monoisotopic (exact) mass is 322 g/mol. The van der Waals surface area contributed by atoms with Gasteiger partial charge >= 0.3 is 5.97 Å². The second-order valence-corrected chi connectivity index (χ2v) is 5.05. The average molecular weight is 323 g/mol. The molecule has 0 fully saturated rings. The first-order valence-electron chi connectivity index (χ1n) is 5.74. The van der Waals surface area contributed by atoms with Gasteiger partial charge in [-0.3, -0.25) is 0 Å². The Balaban J connectivity index is 2.05. The highest BCUT2D eigenvalue weighted by Gasteiger charge is 2.14. The number of ether oxygens (including phenoxy) is 1. The molecule has 0 aliphatic rings. The highest BCUT2D eigenvalue weighted by atomic mass is 79.9. The van der Waals surface area contributed by atoms with Gasteiger partial charge in [0.05, 0.1) is 5.56 Å². The lowest BCUT2D eigenvalue weighted by molar-refractivity contribution is 0.0467. The molecule has 2 rings (SSSR count). The molecule has 4 heteroatoms. The van der Waals surface area contributed by atoms with E-state index in [9.17, 15) is 9.18 Å². The summed E-state index contributed by atoms with van der Waals surface area (Å²) in [6.45, 7) is 1.74. The minimum atomic E-state index is -0.649. The van der Waals surface area contributed by atoms with E-state index in [4.69, 9.17) is 4.74 Å². The van der Waals surface area contributed by atoms with Gasteiger partial charge in [-0.25, -0.2) is 9.18 Å². The van der Waals surface area contributed by atoms with Crippen LogP contribution < -0.4 is 0 Å². The number of benzene rings is 2. The van der Waals surface area contributed by atoms with Crippen molar-refractivity contribution < 1.29 is 13.9 Å². The van der Waals surface area contributed by atoms with Crippen LogP contribution in [0.3, 0.4) is 0 Å². The van der Waals surface area contributed by atoms with Crippen LogP contribution in [0.15, 0.2) is 46.9 Å². The van der Waals surface area contributed by atoms with Crippen molar-refractivity contribution in [1.82, 2.24) is 0 Å². The second-order valence-electron chi connectivity index (χ2n) is 4.14. The number of rotatable bonds is 3. The van der Waals surface area contributed by atoms with Crippen LogP contribution in [0, 0.1) is 12.7 Å². The van der Waals surface area contributed by atoms with Crippen LogP contribution >= 0.6 is 15.9 Å². The van der Waals surface area contributed by atoms with Crippen molar-refractivity contribution in [3.8, 4) is 0 Å². The highest BCUT2D eigenvalue weighted by Crippen LogP contribution is 2.15. The summed E-state index contributed by atoms with van der Waals surface area (Å²) in [6.07, 6.45) is 0. The van der Waals surface area contributed by atoms with Crippen molar-refractivity contribution in [2.45, 2.75) is 13.5 Å². The Morgan fingerprint density at radius 3 is 2.58 bits per heavy atom. The number of hydrogen-bond donors (Lipinski definition) is 0. The number of esters is 1. The van der Waals surface area contributed by atoms with Gasteiger partial charge in [0.25, 0.3) is 0 Å². The van der Waals surface area contributed by atoms with Gasteiger partial charge in [0.2, 0.25) is 0 Å². The fourth-order valence-corrected chi connectivity index (χ4v) is 1.88. The zero-order valence-corrected chi connectivity index (χ0v) is 11.9. The predicted molar refractivity (Wildman–Crippen MR) is 74.4 cm³/mol. The number of aryl methyl sites for hydroxylation is 1. The summed E-state index contributed by atoms with van der Waals surface area (Å²) in [7, 11) is 0. The van der Waals surface area contributed by atoms with E-state index in [1.807, 2.05) is 24.3 Å². The van der Waals surface area contributed by atoms with Crippen LogP contribution in [0.5, 0.6) is 0 Å². The van der Waals surface area contributed by atoms with Gasteiger partial charge in [-0.15, -0.1) is 0 Å². The maximum Gasteiger partial charge on any atom is 0.341 e. The number of carbonyl (C=O) groups is 1. The van der Waals surface area contributed by atoms with Gasteiger partial charge in [0.1, 0.15) is 12.4 Å². The molecule has 98 valence electrons. The summed E-state index contributed by atoms with van der Waals surface area (Å²) in [5.41, 5.74) is 1.25. The zero-order valence-electron chi connectivity index (χ0n) is 10.3. The van der Waals surface area contributed by atoms with E-state index in [2.05, 4.69) is 15.9 Å². The molecule has 2 nitrogen and oxygen atoms in total. The average Bonchev–Trinajstić information content (AvgIpc) is 2.41. The lowest BCUT2D eigenvalue weighted by atomic mass is 10.1. The molecule has 0 aromatic heterocycles. The molecule has 0 spiro atoms. The number of hydrogen-bond acceptors (Lipinski definition) is 2. The maximum atomic E-state index is 13.7. The van der Waals surface area contributed by atoms with Crippen LogP contribution in [0.4, 0.5) is 4.39 Å². The molecule has 2 aromatic rings. The van der Waals surface area contributed by atoms with Gasteiger partial charge in [-0.1, -0.05) is 40.2 Å². The molecular formula is C15H12BrFO2. The first-order chi connectivity index (χ1) is 9.08. The lowest BCUT2D eigenvalue weighted by Gasteiger charge is -2.07. The van der Waals surface area contributed by atoms with Gasteiger partial charge in [-0.05, 0) is 36.2 Å². The van der Waals surface area contributed by atoms with Crippen molar-refractivity contribution in [3.63, 3.8) is 0 Å². The number of carbonyl (C=O) groups excluding carboxylic acids is 1. The molecule has 0 N–H and O–H groups in total. The Morgan fingerprint density at radius 1 is 1.21 bits per heavy atom. The molecule has 0 heterocycles. The fraction of sp³-hybridized carbons (Fsp3) is 0.133. The molecule has 19 heavy (non-hydrogen) atoms. The van der Waals surface area contributed by atoms with Crippen molar-refractivity contribution in [2.75, 3.05) is 0 Å². The van der Waals surface area contributed by atoms with Crippen LogP contribution in [0.25, 0.3) is 0 Å². The SMILES string of the molecule is Cc1cccc(C(=O)OCc2ccc(Br)cc2)c1F. The van der Waals surface area contributed by atoms with E-state index in [1.54, 1.807) is 19.1 Å². The van der Waals surface area contributed by atoms with E-state index >= 15 is 0 Å². The lowest BCUT2D eigenvalue weighted by Crippen LogP contribution is -2.08. The molecule has 0 radical (unpaired) electrons. The fourth-order valence-electron chi connectivity index (χ4n) is 1.61. The van der Waals surface area contributed by atoms with E-state index in [1.165, 1.54) is 6.07 Å². The Kier molecular flexibility index (Phi) is 4.32. The molecule has 0 aliphatic heterocycles. The summed E-state index contributed by atoms with van der Waals surface area (Å²) >= 11 is 3.32. The molecule has 0 saturated heterocycles. The quantitative estimate of drug-likeness (QED) is 0.789. The highest BCUT2D eigenvalue weighted by molar-refractivity contribution is 9.10. The van der Waals surface area contributed by atoms with Crippen molar-refractivity contribution in [2.24, 2.45) is 0 Å². The third kappa shape index (κ3) is 3.41. The zero-order chi connectivity index (χ0) is 13.8. The van der Waals surface area contributed by atoms with E-state index in [0.29, 0.717) is 5.56 Å². The first-order valence-corrected chi connectivity index (χ1v) is 6.54. The molecule has 0 amide bonds. The Morgan fingerprint density at radius 2 is 1.89 bits per heavy atom. The van der Waals surface area contributed by atoms with Crippen molar-refractivity contribution in [3.05, 3.63) is 69.4 Å². The second kappa shape index (κ2) is 5.97. The van der Waals surface area contributed by atoms with Gasteiger partial charge in [0, 0.05) is 4.47 Å². The minimum Gasteiger partial charge on any atom is -0.457 e. The predicted octanol–water partition coefficient (Wildman–Crippen LogP) is 4.25. The normalized spacial score (nSPS) is 10.3. The molecule has 0 bridgehead atoms. The third-order valence-corrected chi connectivity index (χ3v) is 3.22. The topological polar surface area (TPSA) is 26.3 Å². The van der Waals surface area contributed by atoms with Crippen LogP contribution in [-0.2, 0) is 11.3 Å². The summed E-state index contributed by atoms with van der Waals surface area (Å²) in [4.78, 5) is 11.8. The minimum absolute atomic E-state index is 0.0305. The molecule has 0 saturated carbocycles. The Labute approximate surface area is 119 Å². The van der Waals surface area contributed by atoms with Crippen molar-refractivity contribution >= 4 is 21.9 Å². The Bertz CT molecular complexity index is 594. The third-order valence-electron chi connectivity index (χ3n) is 2.69. The smallest absolute Gasteiger partial charge is 0.341 e. The largest absolute Gasteiger partial charge is 0.457 e. The summed E-state index contributed by atoms with van der Waals surface area (Å²) < 4.78 is 19.8. The van der Waals surface area contributed by atoms with E-state index < -0.39 is 11.8 Å². The molecular weight excluding hydrogens is 311 g/mol. The number of halogens is 2. The van der Waals surface area contributed by atoms with Gasteiger partial charge in [0.15, 0.2) is 0 Å². The van der Waals surface area contributed by atoms with Gasteiger partial charge in [-0.2, -0.15) is 0 Å². The standard InChI is InChI=1S/C15H12BrFO2/c1-10-3-2-4-13(14(10)17)15(18)19-9-11-5-7-12(16)8-6-11/h2-8H,9H2,1H3. The van der Waals surface area contributed by atoms with Crippen LogP contribution in [0.1, 0.15) is 21.5 Å². The van der Waals surface area contributed by atoms with Crippen LogP contribution in [-0.4, -0.2) is 5.97 Å². The van der Waals surface area contributed by atoms with Crippen LogP contribution in [0.2, 0.25) is 0 Å². The Hall–Kier alpha value is -1.68. The summed E-state index contributed by atoms with van der Waals surface area (Å²) in [5, 5.41) is 0. The molecule has 0 atom stereocenters. The first kappa shape index (κ1) is 13.7. The summed E-state index contributed by atoms with van der Waals surface area (Å²) in [6, 6.07) is 12.1. The van der Waals surface area contributed by atoms with Gasteiger partial charge < -0.3 is 4.74 Å². The summed E-state index contributed by atoms with van der Waals surface area (Å²) in [5.74, 6) is -1.17. The molecule has 2 aromatic carbocycles. The molecule has 0 aliphatic carbocycles.